The van der Waals surface area contributed by atoms with Crippen molar-refractivity contribution >= 4 is 17.6 Å². The Morgan fingerprint density at radius 1 is 1.44 bits per heavy atom. The molecule has 0 aliphatic carbocycles. The minimum atomic E-state index is 0.224. The maximum atomic E-state index is 5.80. The zero-order valence-electron chi connectivity index (χ0n) is 10.8. The van der Waals surface area contributed by atoms with E-state index in [9.17, 15) is 0 Å². The molecule has 1 aliphatic heterocycles. The van der Waals surface area contributed by atoms with E-state index >= 15 is 0 Å². The standard InChI is InChI=1S/C12H21N5O/c1-2-6-18-9-4-3-5-17(8-9)11-7-10(13)15-12(14)16-11/h7,9H,2-6,8H2,1H3,(H4,13,14,15,16). The number of ether oxygens (including phenoxy) is 1. The summed E-state index contributed by atoms with van der Waals surface area (Å²) in [6.07, 6.45) is 3.52. The molecule has 0 aromatic carbocycles. The van der Waals surface area contributed by atoms with Crippen molar-refractivity contribution in [3.8, 4) is 0 Å². The molecule has 0 bridgehead atoms. The molecule has 1 unspecified atom stereocenters. The fourth-order valence-electron chi connectivity index (χ4n) is 2.20. The molecule has 100 valence electrons. The minimum absolute atomic E-state index is 0.224. The van der Waals surface area contributed by atoms with Crippen molar-refractivity contribution in [3.05, 3.63) is 6.07 Å². The molecule has 0 radical (unpaired) electrons. The number of piperidine rings is 1. The molecular formula is C12H21N5O. The van der Waals surface area contributed by atoms with E-state index in [1.165, 1.54) is 0 Å². The second-order valence-corrected chi connectivity index (χ2v) is 4.59. The first-order valence-electron chi connectivity index (χ1n) is 6.45. The number of hydrogen-bond donors (Lipinski definition) is 2. The first kappa shape index (κ1) is 12.9. The maximum absolute atomic E-state index is 5.80. The van der Waals surface area contributed by atoms with Gasteiger partial charge in [0.05, 0.1) is 6.10 Å². The van der Waals surface area contributed by atoms with Gasteiger partial charge in [0, 0.05) is 25.8 Å². The molecule has 1 aromatic heterocycles. The van der Waals surface area contributed by atoms with Crippen LogP contribution >= 0.6 is 0 Å². The fraction of sp³-hybridized carbons (Fsp3) is 0.667. The average Bonchev–Trinajstić information content (AvgIpc) is 2.35. The smallest absolute Gasteiger partial charge is 0.223 e. The summed E-state index contributed by atoms with van der Waals surface area (Å²) in [7, 11) is 0. The molecule has 0 spiro atoms. The Balaban J connectivity index is 2.03. The van der Waals surface area contributed by atoms with Gasteiger partial charge in [-0.25, -0.2) is 0 Å². The van der Waals surface area contributed by atoms with Crippen molar-refractivity contribution in [1.29, 1.82) is 0 Å². The monoisotopic (exact) mass is 251 g/mol. The highest BCUT2D eigenvalue weighted by atomic mass is 16.5. The van der Waals surface area contributed by atoms with Crippen molar-refractivity contribution in [1.82, 2.24) is 9.97 Å². The van der Waals surface area contributed by atoms with Crippen LogP contribution in [-0.4, -0.2) is 35.8 Å². The summed E-state index contributed by atoms with van der Waals surface area (Å²) in [4.78, 5) is 10.3. The van der Waals surface area contributed by atoms with Crippen molar-refractivity contribution in [2.24, 2.45) is 0 Å². The Labute approximate surface area is 107 Å². The average molecular weight is 251 g/mol. The van der Waals surface area contributed by atoms with Crippen LogP contribution in [-0.2, 0) is 4.74 Å². The normalized spacial score (nSPS) is 20.1. The summed E-state index contributed by atoms with van der Waals surface area (Å²) >= 11 is 0. The Morgan fingerprint density at radius 3 is 3.00 bits per heavy atom. The van der Waals surface area contributed by atoms with E-state index < -0.39 is 0 Å². The Morgan fingerprint density at radius 2 is 2.28 bits per heavy atom. The maximum Gasteiger partial charge on any atom is 0.223 e. The predicted molar refractivity (Wildman–Crippen MR) is 72.3 cm³/mol. The predicted octanol–water partition coefficient (Wildman–Crippen LogP) is 1.04. The third-order valence-corrected chi connectivity index (χ3v) is 3.01. The number of nitrogens with two attached hydrogens (primary N) is 2. The molecule has 1 aliphatic rings. The molecule has 2 rings (SSSR count). The van der Waals surface area contributed by atoms with Gasteiger partial charge in [0.25, 0.3) is 0 Å². The van der Waals surface area contributed by atoms with E-state index in [2.05, 4.69) is 21.8 Å². The van der Waals surface area contributed by atoms with Crippen LogP contribution in [0.2, 0.25) is 0 Å². The summed E-state index contributed by atoms with van der Waals surface area (Å²) in [5, 5.41) is 0. The van der Waals surface area contributed by atoms with Gasteiger partial charge in [-0.1, -0.05) is 6.92 Å². The van der Waals surface area contributed by atoms with Crippen LogP contribution in [0.3, 0.4) is 0 Å². The van der Waals surface area contributed by atoms with E-state index in [-0.39, 0.29) is 12.1 Å². The molecule has 6 nitrogen and oxygen atoms in total. The molecule has 0 amide bonds. The van der Waals surface area contributed by atoms with Gasteiger partial charge >= 0.3 is 0 Å². The molecule has 18 heavy (non-hydrogen) atoms. The summed E-state index contributed by atoms with van der Waals surface area (Å²) in [5.41, 5.74) is 11.3. The minimum Gasteiger partial charge on any atom is -0.383 e. The van der Waals surface area contributed by atoms with Crippen LogP contribution in [0, 0.1) is 0 Å². The van der Waals surface area contributed by atoms with Crippen molar-refractivity contribution in [2.75, 3.05) is 36.1 Å². The largest absolute Gasteiger partial charge is 0.383 e. The summed E-state index contributed by atoms with van der Waals surface area (Å²) < 4.78 is 5.80. The Bertz CT molecular complexity index is 378. The number of nitrogens with zero attached hydrogens (tertiary/aromatic N) is 3. The quantitative estimate of drug-likeness (QED) is 0.830. The van der Waals surface area contributed by atoms with Gasteiger partial charge in [-0.05, 0) is 19.3 Å². The molecule has 2 heterocycles. The summed E-state index contributed by atoms with van der Waals surface area (Å²) in [6.45, 7) is 4.73. The molecular weight excluding hydrogens is 230 g/mol. The lowest BCUT2D eigenvalue weighted by molar-refractivity contribution is 0.0439. The molecule has 1 fully saturated rings. The number of hydrogen-bond acceptors (Lipinski definition) is 6. The van der Waals surface area contributed by atoms with Crippen LogP contribution in [0.5, 0.6) is 0 Å². The number of nitrogen functional groups attached to an aromatic ring is 2. The van der Waals surface area contributed by atoms with E-state index in [4.69, 9.17) is 16.2 Å². The van der Waals surface area contributed by atoms with Gasteiger partial charge in [-0.3, -0.25) is 0 Å². The molecule has 1 aromatic rings. The number of aromatic nitrogens is 2. The van der Waals surface area contributed by atoms with E-state index in [1.807, 2.05) is 0 Å². The highest BCUT2D eigenvalue weighted by Gasteiger charge is 2.21. The van der Waals surface area contributed by atoms with Crippen LogP contribution in [0.1, 0.15) is 26.2 Å². The van der Waals surface area contributed by atoms with Gasteiger partial charge in [0.2, 0.25) is 5.95 Å². The lowest BCUT2D eigenvalue weighted by atomic mass is 10.1. The molecule has 1 atom stereocenters. The third kappa shape index (κ3) is 3.22. The highest BCUT2D eigenvalue weighted by Crippen LogP contribution is 2.21. The second-order valence-electron chi connectivity index (χ2n) is 4.59. The van der Waals surface area contributed by atoms with Crippen LogP contribution in [0.15, 0.2) is 6.07 Å². The van der Waals surface area contributed by atoms with Crippen molar-refractivity contribution in [3.63, 3.8) is 0 Å². The lowest BCUT2D eigenvalue weighted by Crippen LogP contribution is -2.40. The van der Waals surface area contributed by atoms with Gasteiger partial charge in [0.1, 0.15) is 11.6 Å². The van der Waals surface area contributed by atoms with Crippen molar-refractivity contribution in [2.45, 2.75) is 32.3 Å². The second kappa shape index (κ2) is 5.86. The van der Waals surface area contributed by atoms with Crippen LogP contribution < -0.4 is 16.4 Å². The number of anilines is 3. The molecule has 1 saturated heterocycles. The lowest BCUT2D eigenvalue weighted by Gasteiger charge is -2.33. The van der Waals surface area contributed by atoms with Gasteiger partial charge in [-0.15, -0.1) is 0 Å². The number of rotatable bonds is 4. The first-order valence-corrected chi connectivity index (χ1v) is 6.45. The van der Waals surface area contributed by atoms with Gasteiger partial charge in [0.15, 0.2) is 0 Å². The topological polar surface area (TPSA) is 90.3 Å². The fourth-order valence-corrected chi connectivity index (χ4v) is 2.20. The van der Waals surface area contributed by atoms with E-state index in [0.29, 0.717) is 5.82 Å². The molecule has 6 heteroatoms. The third-order valence-electron chi connectivity index (χ3n) is 3.01. The SMILES string of the molecule is CCCOC1CCCN(c2cc(N)nc(N)n2)C1. The zero-order valence-corrected chi connectivity index (χ0v) is 10.8. The van der Waals surface area contributed by atoms with Crippen LogP contribution in [0.4, 0.5) is 17.6 Å². The Kier molecular flexibility index (Phi) is 4.19. The van der Waals surface area contributed by atoms with E-state index in [0.717, 1.165) is 44.8 Å². The van der Waals surface area contributed by atoms with Crippen molar-refractivity contribution < 1.29 is 4.74 Å². The first-order chi connectivity index (χ1) is 8.69. The zero-order chi connectivity index (χ0) is 13.0. The van der Waals surface area contributed by atoms with Gasteiger partial charge in [-0.2, -0.15) is 9.97 Å². The highest BCUT2D eigenvalue weighted by molar-refractivity contribution is 5.50. The summed E-state index contributed by atoms with van der Waals surface area (Å²) in [6, 6.07) is 1.76. The molecule has 0 saturated carbocycles. The van der Waals surface area contributed by atoms with E-state index in [1.54, 1.807) is 6.07 Å². The Hall–Kier alpha value is -1.56. The summed E-state index contributed by atoms with van der Waals surface area (Å²) in [5.74, 6) is 1.43. The molecule has 4 N–H and O–H groups in total. The van der Waals surface area contributed by atoms with Crippen LogP contribution in [0.25, 0.3) is 0 Å². The van der Waals surface area contributed by atoms with Gasteiger partial charge < -0.3 is 21.1 Å².